The molecule has 0 radical (unpaired) electrons. The highest BCUT2D eigenvalue weighted by atomic mass is 32.1. The average molecular weight is 246 g/mol. The van der Waals surface area contributed by atoms with Crippen LogP contribution in [0.1, 0.15) is 5.69 Å². The molecule has 0 bridgehead atoms. The predicted octanol–water partition coefficient (Wildman–Crippen LogP) is 2.70. The SMILES string of the molecule is Cn1cc(-c2ccc(S)c(OO)c2)cc1C#N. The summed E-state index contributed by atoms with van der Waals surface area (Å²) < 4.78 is 1.74. The molecular weight excluding hydrogens is 236 g/mol. The van der Waals surface area contributed by atoms with E-state index in [0.717, 1.165) is 11.1 Å². The molecule has 2 aromatic rings. The highest BCUT2D eigenvalue weighted by molar-refractivity contribution is 7.80. The molecule has 0 spiro atoms. The van der Waals surface area contributed by atoms with Crippen LogP contribution in [-0.2, 0) is 7.05 Å². The summed E-state index contributed by atoms with van der Waals surface area (Å²) >= 11 is 4.14. The van der Waals surface area contributed by atoms with Crippen molar-refractivity contribution in [2.75, 3.05) is 0 Å². The number of nitriles is 1. The minimum Gasteiger partial charge on any atom is -0.342 e. The van der Waals surface area contributed by atoms with Gasteiger partial charge in [0.25, 0.3) is 0 Å². The van der Waals surface area contributed by atoms with E-state index < -0.39 is 0 Å². The van der Waals surface area contributed by atoms with Gasteiger partial charge in [0, 0.05) is 18.8 Å². The maximum absolute atomic E-state index is 8.88. The Morgan fingerprint density at radius 2 is 2.12 bits per heavy atom. The van der Waals surface area contributed by atoms with E-state index in [-0.39, 0.29) is 5.75 Å². The fourth-order valence-corrected chi connectivity index (χ4v) is 1.78. The monoisotopic (exact) mass is 246 g/mol. The van der Waals surface area contributed by atoms with Crippen molar-refractivity contribution in [2.45, 2.75) is 4.90 Å². The Morgan fingerprint density at radius 1 is 1.35 bits per heavy atom. The Balaban J connectivity index is 2.50. The van der Waals surface area contributed by atoms with Gasteiger partial charge in [0.15, 0.2) is 5.75 Å². The number of nitrogens with zero attached hydrogens (tertiary/aromatic N) is 2. The summed E-state index contributed by atoms with van der Waals surface area (Å²) in [7, 11) is 1.80. The Morgan fingerprint density at radius 3 is 2.71 bits per heavy atom. The van der Waals surface area contributed by atoms with Crippen molar-refractivity contribution in [3.8, 4) is 22.9 Å². The van der Waals surface area contributed by atoms with Gasteiger partial charge < -0.3 is 9.45 Å². The molecule has 0 saturated heterocycles. The number of rotatable bonds is 2. The minimum absolute atomic E-state index is 0.285. The van der Waals surface area contributed by atoms with Crippen LogP contribution in [0.3, 0.4) is 0 Å². The minimum atomic E-state index is 0.285. The first-order valence-corrected chi connectivity index (χ1v) is 5.31. The topological polar surface area (TPSA) is 58.2 Å². The van der Waals surface area contributed by atoms with E-state index in [1.165, 1.54) is 0 Å². The summed E-state index contributed by atoms with van der Waals surface area (Å²) in [5.74, 6) is 0.285. The van der Waals surface area contributed by atoms with Crippen LogP contribution in [0, 0.1) is 11.3 Å². The number of hydrogen-bond donors (Lipinski definition) is 2. The van der Waals surface area contributed by atoms with Gasteiger partial charge in [0.1, 0.15) is 11.8 Å². The first-order valence-electron chi connectivity index (χ1n) is 4.87. The van der Waals surface area contributed by atoms with Gasteiger partial charge in [-0.2, -0.15) is 5.26 Å². The second-order valence-electron chi connectivity index (χ2n) is 3.61. The van der Waals surface area contributed by atoms with Crippen LogP contribution in [0.25, 0.3) is 11.1 Å². The third-order valence-electron chi connectivity index (χ3n) is 2.51. The molecule has 1 N–H and O–H groups in total. The maximum atomic E-state index is 8.88. The van der Waals surface area contributed by atoms with E-state index >= 15 is 0 Å². The van der Waals surface area contributed by atoms with Crippen molar-refractivity contribution in [1.82, 2.24) is 4.57 Å². The molecule has 0 fully saturated rings. The lowest BCUT2D eigenvalue weighted by Gasteiger charge is -2.03. The van der Waals surface area contributed by atoms with Crippen molar-refractivity contribution in [3.63, 3.8) is 0 Å². The molecule has 1 aromatic carbocycles. The second-order valence-corrected chi connectivity index (χ2v) is 4.09. The van der Waals surface area contributed by atoms with Crippen molar-refractivity contribution < 1.29 is 10.1 Å². The zero-order chi connectivity index (χ0) is 12.4. The molecule has 0 amide bonds. The number of thiol groups is 1. The number of aryl methyl sites for hydroxylation is 1. The third kappa shape index (κ3) is 2.13. The average Bonchev–Trinajstić information content (AvgIpc) is 2.71. The lowest BCUT2D eigenvalue weighted by Crippen LogP contribution is -1.87. The zero-order valence-corrected chi connectivity index (χ0v) is 9.98. The van der Waals surface area contributed by atoms with Gasteiger partial charge in [-0.25, -0.2) is 5.26 Å². The zero-order valence-electron chi connectivity index (χ0n) is 9.08. The van der Waals surface area contributed by atoms with Crippen molar-refractivity contribution in [3.05, 3.63) is 36.2 Å². The van der Waals surface area contributed by atoms with Crippen LogP contribution in [0.2, 0.25) is 0 Å². The van der Waals surface area contributed by atoms with Gasteiger partial charge in [-0.05, 0) is 23.8 Å². The predicted molar refractivity (Wildman–Crippen MR) is 66.1 cm³/mol. The van der Waals surface area contributed by atoms with E-state index in [4.69, 9.17) is 10.5 Å². The van der Waals surface area contributed by atoms with E-state index in [9.17, 15) is 0 Å². The maximum Gasteiger partial charge on any atom is 0.178 e. The van der Waals surface area contributed by atoms with Crippen LogP contribution < -0.4 is 4.89 Å². The van der Waals surface area contributed by atoms with Crippen molar-refractivity contribution >= 4 is 12.6 Å². The first kappa shape index (κ1) is 11.6. The van der Waals surface area contributed by atoms with E-state index in [2.05, 4.69) is 23.6 Å². The summed E-state index contributed by atoms with van der Waals surface area (Å²) in [6, 6.07) is 9.10. The summed E-state index contributed by atoms with van der Waals surface area (Å²) in [5.41, 5.74) is 2.31. The second kappa shape index (κ2) is 4.53. The van der Waals surface area contributed by atoms with Crippen LogP contribution in [-0.4, -0.2) is 9.82 Å². The van der Waals surface area contributed by atoms with E-state index in [1.54, 1.807) is 29.8 Å². The van der Waals surface area contributed by atoms with Gasteiger partial charge in [-0.3, -0.25) is 0 Å². The largest absolute Gasteiger partial charge is 0.342 e. The number of benzene rings is 1. The standard InChI is InChI=1S/C12H10N2O2S/c1-14-7-9(4-10(14)6-13)8-2-3-12(17)11(5-8)16-15/h2-5,7,15,17H,1H3. The molecule has 0 aliphatic heterocycles. The van der Waals surface area contributed by atoms with E-state index in [0.29, 0.717) is 10.6 Å². The highest BCUT2D eigenvalue weighted by Crippen LogP contribution is 2.29. The van der Waals surface area contributed by atoms with Gasteiger partial charge in [0.05, 0.1) is 4.90 Å². The summed E-state index contributed by atoms with van der Waals surface area (Å²) in [6.07, 6.45) is 1.84. The number of hydrogen-bond acceptors (Lipinski definition) is 4. The van der Waals surface area contributed by atoms with E-state index in [1.807, 2.05) is 12.3 Å². The molecule has 2 rings (SSSR count). The molecule has 0 aliphatic carbocycles. The quantitative estimate of drug-likeness (QED) is 0.486. The first-order chi connectivity index (χ1) is 8.15. The molecule has 0 saturated carbocycles. The van der Waals surface area contributed by atoms with Gasteiger partial charge in [-0.1, -0.05) is 6.07 Å². The fraction of sp³-hybridized carbons (Fsp3) is 0.0833. The molecular formula is C12H10N2O2S. The normalized spacial score (nSPS) is 10.0. The van der Waals surface area contributed by atoms with Crippen LogP contribution >= 0.6 is 12.6 Å². The van der Waals surface area contributed by atoms with Crippen LogP contribution in [0.15, 0.2) is 35.4 Å². The fourth-order valence-electron chi connectivity index (χ4n) is 1.60. The Bertz CT molecular complexity index is 599. The molecule has 1 aromatic heterocycles. The molecule has 1 heterocycles. The summed E-state index contributed by atoms with van der Waals surface area (Å²) in [4.78, 5) is 4.77. The molecule has 86 valence electrons. The molecule has 5 heteroatoms. The number of aromatic nitrogens is 1. The molecule has 0 atom stereocenters. The van der Waals surface area contributed by atoms with Crippen LogP contribution in [0.5, 0.6) is 5.75 Å². The van der Waals surface area contributed by atoms with Gasteiger partial charge in [-0.15, -0.1) is 12.6 Å². The van der Waals surface area contributed by atoms with Crippen molar-refractivity contribution in [1.29, 1.82) is 5.26 Å². The summed E-state index contributed by atoms with van der Waals surface area (Å²) in [5, 5.41) is 17.6. The molecule has 4 nitrogen and oxygen atoms in total. The van der Waals surface area contributed by atoms with Crippen LogP contribution in [0.4, 0.5) is 0 Å². The van der Waals surface area contributed by atoms with Gasteiger partial charge in [0.2, 0.25) is 0 Å². The lowest BCUT2D eigenvalue weighted by molar-refractivity contribution is -0.140. The molecule has 17 heavy (non-hydrogen) atoms. The van der Waals surface area contributed by atoms with Crippen molar-refractivity contribution in [2.24, 2.45) is 7.05 Å². The van der Waals surface area contributed by atoms with Gasteiger partial charge >= 0.3 is 0 Å². The Hall–Kier alpha value is -1.90. The summed E-state index contributed by atoms with van der Waals surface area (Å²) in [6.45, 7) is 0. The molecule has 0 aliphatic rings. The molecule has 0 unspecified atom stereocenters. The Kier molecular flexibility index (Phi) is 3.09. The lowest BCUT2D eigenvalue weighted by atomic mass is 10.1. The third-order valence-corrected chi connectivity index (χ3v) is 2.88. The smallest absolute Gasteiger partial charge is 0.178 e. The Labute approximate surface area is 104 Å². The highest BCUT2D eigenvalue weighted by Gasteiger charge is 2.08.